The standard InChI is InChI=1S/Cr.H3O4P.H2O/c;1-5(2,3)4;/h;(H3,1,2,3,4);1H2. The molecule has 0 unspecified atom stereocenters. The van der Waals surface area contributed by atoms with E-state index >= 15 is 0 Å². The van der Waals surface area contributed by atoms with E-state index in [1.807, 2.05) is 0 Å². The number of hydrogen-bond acceptors (Lipinski definition) is 1. The second-order valence-electron chi connectivity index (χ2n) is 0.513. The van der Waals surface area contributed by atoms with Crippen LogP contribution < -0.4 is 0 Å². The molecule has 0 atom stereocenters. The van der Waals surface area contributed by atoms with Crippen molar-refractivity contribution in [1.82, 2.24) is 0 Å². The molecule has 0 heterocycles. The Kier molecular flexibility index (Phi) is 10.6. The van der Waals surface area contributed by atoms with Crippen LogP contribution in [0.4, 0.5) is 0 Å². The molecule has 0 radical (unpaired) electrons. The predicted molar refractivity (Wildman–Crippen MR) is 17.9 cm³/mol. The zero-order valence-corrected chi connectivity index (χ0v) is 5.27. The average molecular weight is 168 g/mol. The van der Waals surface area contributed by atoms with Crippen LogP contribution in [0, 0.1) is 0 Å². The fourth-order valence-corrected chi connectivity index (χ4v) is 0. The molecule has 0 bridgehead atoms. The minimum absolute atomic E-state index is 0. The zero-order valence-electron chi connectivity index (χ0n) is 3.11. The van der Waals surface area contributed by atoms with Gasteiger partial charge in [-0.1, -0.05) is 0 Å². The summed E-state index contributed by atoms with van der Waals surface area (Å²) in [6.45, 7) is 0. The summed E-state index contributed by atoms with van der Waals surface area (Å²) in [6.07, 6.45) is 0. The summed E-state index contributed by atoms with van der Waals surface area (Å²) in [5.74, 6) is 0. The van der Waals surface area contributed by atoms with Gasteiger partial charge in [0.1, 0.15) is 0 Å². The molecule has 46 valence electrons. The van der Waals surface area contributed by atoms with Gasteiger partial charge in [0, 0.05) is 17.4 Å². The minimum atomic E-state index is -4.64. The van der Waals surface area contributed by atoms with Gasteiger partial charge in [0.05, 0.1) is 0 Å². The molecule has 0 aromatic rings. The van der Waals surface area contributed by atoms with Crippen LogP contribution in [-0.4, -0.2) is 20.2 Å². The van der Waals surface area contributed by atoms with Crippen LogP contribution in [0.15, 0.2) is 0 Å². The van der Waals surface area contributed by atoms with Crippen molar-refractivity contribution >= 4 is 7.82 Å². The molecule has 0 spiro atoms. The van der Waals surface area contributed by atoms with Crippen LogP contribution in [0.5, 0.6) is 0 Å². The van der Waals surface area contributed by atoms with Gasteiger partial charge in [-0.3, -0.25) is 0 Å². The summed E-state index contributed by atoms with van der Waals surface area (Å²) in [4.78, 5) is 21.6. The molecule has 0 aliphatic heterocycles. The normalized spacial score (nSPS) is 8.43. The monoisotopic (exact) mass is 168 g/mol. The van der Waals surface area contributed by atoms with Crippen LogP contribution in [0.1, 0.15) is 0 Å². The fraction of sp³-hybridized carbons (Fsp3) is 0. The summed E-state index contributed by atoms with van der Waals surface area (Å²) in [6, 6.07) is 0. The van der Waals surface area contributed by atoms with E-state index in [0.29, 0.717) is 0 Å². The molecule has 0 aliphatic carbocycles. The van der Waals surface area contributed by atoms with E-state index in [9.17, 15) is 0 Å². The van der Waals surface area contributed by atoms with Gasteiger partial charge in [0.15, 0.2) is 0 Å². The molecular weight excluding hydrogens is 163 g/mol. The van der Waals surface area contributed by atoms with Gasteiger partial charge < -0.3 is 20.2 Å². The maximum Gasteiger partial charge on any atom is 0.466 e. The molecule has 0 saturated heterocycles. The van der Waals surface area contributed by atoms with Crippen molar-refractivity contribution in [2.24, 2.45) is 0 Å². The van der Waals surface area contributed by atoms with E-state index < -0.39 is 7.82 Å². The number of rotatable bonds is 0. The van der Waals surface area contributed by atoms with Crippen LogP contribution in [0.3, 0.4) is 0 Å². The van der Waals surface area contributed by atoms with Crippen LogP contribution >= 0.6 is 7.82 Å². The van der Waals surface area contributed by atoms with E-state index in [-0.39, 0.29) is 22.8 Å². The first-order valence-corrected chi connectivity index (χ1v) is 2.35. The van der Waals surface area contributed by atoms with Gasteiger partial charge in [-0.2, -0.15) is 0 Å². The summed E-state index contributed by atoms with van der Waals surface area (Å²) in [7, 11) is -4.64. The van der Waals surface area contributed by atoms with Crippen LogP contribution in [0.2, 0.25) is 0 Å². The first-order chi connectivity index (χ1) is 2.00. The molecule has 0 aromatic heterocycles. The molecule has 7 heavy (non-hydrogen) atoms. The molecule has 0 amide bonds. The average Bonchev–Trinajstić information content (AvgIpc) is 0.722. The predicted octanol–water partition coefficient (Wildman–Crippen LogP) is -1.76. The van der Waals surface area contributed by atoms with E-state index in [1.54, 1.807) is 0 Å². The van der Waals surface area contributed by atoms with E-state index in [2.05, 4.69) is 0 Å². The molecule has 5 nitrogen and oxygen atoms in total. The molecule has 0 fully saturated rings. The Balaban J connectivity index is -0.0000000800. The van der Waals surface area contributed by atoms with Gasteiger partial charge >= 0.3 is 7.82 Å². The third kappa shape index (κ3) is 385. The molecule has 7 heteroatoms. The van der Waals surface area contributed by atoms with Crippen molar-refractivity contribution in [2.45, 2.75) is 0 Å². The largest absolute Gasteiger partial charge is 0.466 e. The Morgan fingerprint density at radius 3 is 1.14 bits per heavy atom. The van der Waals surface area contributed by atoms with Crippen molar-refractivity contribution < 1.29 is 42.1 Å². The van der Waals surface area contributed by atoms with E-state index in [1.165, 1.54) is 0 Å². The number of hydrogen-bond donors (Lipinski definition) is 3. The second-order valence-corrected chi connectivity index (χ2v) is 1.54. The van der Waals surface area contributed by atoms with Crippen molar-refractivity contribution in [3.63, 3.8) is 0 Å². The summed E-state index contributed by atoms with van der Waals surface area (Å²) >= 11 is 0. The van der Waals surface area contributed by atoms with E-state index in [4.69, 9.17) is 19.2 Å². The molecule has 0 rings (SSSR count). The number of phosphoric acid groups is 1. The molecule has 0 aromatic carbocycles. The molecule has 5 N–H and O–H groups in total. The van der Waals surface area contributed by atoms with Gasteiger partial charge in [-0.05, 0) is 0 Å². The fourth-order valence-electron chi connectivity index (χ4n) is 0. The summed E-state index contributed by atoms with van der Waals surface area (Å²) in [5.41, 5.74) is 0. The van der Waals surface area contributed by atoms with Crippen molar-refractivity contribution in [3.05, 3.63) is 0 Å². The van der Waals surface area contributed by atoms with Gasteiger partial charge in [-0.25, -0.2) is 4.57 Å². The Morgan fingerprint density at radius 2 is 1.14 bits per heavy atom. The summed E-state index contributed by atoms with van der Waals surface area (Å²) < 4.78 is 8.88. The van der Waals surface area contributed by atoms with Crippen molar-refractivity contribution in [2.75, 3.05) is 0 Å². The SMILES string of the molecule is O.O=P(O)(O)O.[Cr]. The molecular formula is H5CrO5P. The quantitative estimate of drug-likeness (QED) is 0.372. The maximum absolute atomic E-state index is 8.88. The maximum atomic E-state index is 8.88. The van der Waals surface area contributed by atoms with Crippen LogP contribution in [0.25, 0.3) is 0 Å². The van der Waals surface area contributed by atoms with E-state index in [0.717, 1.165) is 0 Å². The smallest absolute Gasteiger partial charge is 0.412 e. The van der Waals surface area contributed by atoms with Crippen molar-refractivity contribution in [1.29, 1.82) is 0 Å². The van der Waals surface area contributed by atoms with Crippen LogP contribution in [-0.2, 0) is 21.9 Å². The summed E-state index contributed by atoms with van der Waals surface area (Å²) in [5, 5.41) is 0. The van der Waals surface area contributed by atoms with Gasteiger partial charge in [0.25, 0.3) is 0 Å². The third-order valence-corrected chi connectivity index (χ3v) is 0. The molecule has 0 aliphatic rings. The van der Waals surface area contributed by atoms with Gasteiger partial charge in [0.2, 0.25) is 0 Å². The first-order valence-electron chi connectivity index (χ1n) is 0.783. The third-order valence-electron chi connectivity index (χ3n) is 0. The van der Waals surface area contributed by atoms with Gasteiger partial charge in [-0.15, -0.1) is 0 Å². The zero-order chi connectivity index (χ0) is 4.50. The topological polar surface area (TPSA) is 109 Å². The second kappa shape index (κ2) is 4.75. The Hall–Kier alpha value is 0.602. The Bertz CT molecular complexity index is 54.2. The first kappa shape index (κ1) is 15.6. The Labute approximate surface area is 50.7 Å². The minimum Gasteiger partial charge on any atom is -0.412 e. The Morgan fingerprint density at radius 1 is 1.14 bits per heavy atom. The molecule has 0 saturated carbocycles. The van der Waals surface area contributed by atoms with Crippen molar-refractivity contribution in [3.8, 4) is 0 Å².